The van der Waals surface area contributed by atoms with E-state index < -0.39 is 5.54 Å². The normalized spacial score (nSPS) is 17.6. The smallest absolute Gasteiger partial charge is 0.235 e. The van der Waals surface area contributed by atoms with Gasteiger partial charge in [0.2, 0.25) is 6.08 Å². The highest BCUT2D eigenvalue weighted by atomic mass is 19.1. The lowest BCUT2D eigenvalue weighted by molar-refractivity contribution is 0.431. The van der Waals surface area contributed by atoms with E-state index in [1.54, 1.807) is 6.08 Å². The van der Waals surface area contributed by atoms with Crippen molar-refractivity contribution in [2.24, 2.45) is 12.0 Å². The number of hydrogen-bond acceptors (Lipinski definition) is 2. The fourth-order valence-corrected chi connectivity index (χ4v) is 3.13. The van der Waals surface area contributed by atoms with Crippen molar-refractivity contribution in [1.29, 1.82) is 0 Å². The SMILES string of the molecule is Cn1ccc2cc(F)c(C3(N=C=O)CCCC3)cc21. The molecule has 4 heteroatoms. The molecule has 1 aliphatic carbocycles. The Hall–Kier alpha value is -1.93. The number of fused-ring (bicyclic) bond motifs is 1. The van der Waals surface area contributed by atoms with E-state index in [0.717, 1.165) is 36.6 Å². The lowest BCUT2D eigenvalue weighted by atomic mass is 9.88. The molecule has 0 saturated heterocycles. The van der Waals surface area contributed by atoms with E-state index in [4.69, 9.17) is 0 Å². The number of aromatic nitrogens is 1. The number of aryl methyl sites for hydroxylation is 1. The van der Waals surface area contributed by atoms with Crippen LogP contribution in [0.4, 0.5) is 4.39 Å². The number of benzene rings is 1. The van der Waals surface area contributed by atoms with Crippen LogP contribution in [0.15, 0.2) is 29.4 Å². The average molecular weight is 258 g/mol. The second kappa shape index (κ2) is 4.32. The second-order valence-electron chi connectivity index (χ2n) is 5.26. The Balaban J connectivity index is 2.25. The van der Waals surface area contributed by atoms with Gasteiger partial charge in [-0.3, -0.25) is 0 Å². The maximum atomic E-state index is 14.3. The van der Waals surface area contributed by atoms with Crippen molar-refractivity contribution in [2.75, 3.05) is 0 Å². The number of carbonyl (C=O) groups excluding carboxylic acids is 1. The first-order chi connectivity index (χ1) is 9.16. The van der Waals surface area contributed by atoms with Crippen molar-refractivity contribution in [3.63, 3.8) is 0 Å². The van der Waals surface area contributed by atoms with E-state index in [1.165, 1.54) is 6.07 Å². The minimum atomic E-state index is -0.704. The van der Waals surface area contributed by atoms with Crippen LogP contribution in [0.5, 0.6) is 0 Å². The topological polar surface area (TPSA) is 34.4 Å². The summed E-state index contributed by atoms with van der Waals surface area (Å²) in [7, 11) is 1.92. The first-order valence-corrected chi connectivity index (χ1v) is 6.50. The third-order valence-electron chi connectivity index (χ3n) is 4.17. The molecule has 0 N–H and O–H groups in total. The predicted octanol–water partition coefficient (Wildman–Crippen LogP) is 3.42. The molecule has 1 aromatic heterocycles. The van der Waals surface area contributed by atoms with E-state index in [2.05, 4.69) is 4.99 Å². The van der Waals surface area contributed by atoms with Crippen LogP contribution < -0.4 is 0 Å². The predicted molar refractivity (Wildman–Crippen MR) is 71.1 cm³/mol. The van der Waals surface area contributed by atoms with Gasteiger partial charge in [0.25, 0.3) is 0 Å². The minimum absolute atomic E-state index is 0.278. The molecule has 1 heterocycles. The third kappa shape index (κ3) is 1.80. The molecule has 98 valence electrons. The number of rotatable bonds is 2. The van der Waals surface area contributed by atoms with E-state index in [0.29, 0.717) is 5.56 Å². The first-order valence-electron chi connectivity index (χ1n) is 6.50. The van der Waals surface area contributed by atoms with Gasteiger partial charge < -0.3 is 4.57 Å². The van der Waals surface area contributed by atoms with E-state index >= 15 is 0 Å². The van der Waals surface area contributed by atoms with Gasteiger partial charge in [0.15, 0.2) is 0 Å². The number of aliphatic imine (C=N–C) groups is 1. The summed E-state index contributed by atoms with van der Waals surface area (Å²) in [6.07, 6.45) is 6.91. The van der Waals surface area contributed by atoms with Crippen molar-refractivity contribution in [3.8, 4) is 0 Å². The molecular weight excluding hydrogens is 243 g/mol. The maximum Gasteiger partial charge on any atom is 0.235 e. The monoisotopic (exact) mass is 258 g/mol. The summed E-state index contributed by atoms with van der Waals surface area (Å²) < 4.78 is 16.3. The van der Waals surface area contributed by atoms with Crippen LogP contribution in [-0.2, 0) is 17.4 Å². The molecule has 1 aliphatic rings. The van der Waals surface area contributed by atoms with Crippen molar-refractivity contribution < 1.29 is 9.18 Å². The molecule has 0 bridgehead atoms. The summed E-state index contributed by atoms with van der Waals surface area (Å²) >= 11 is 0. The molecule has 3 rings (SSSR count). The lowest BCUT2D eigenvalue weighted by Gasteiger charge is -2.23. The number of halogens is 1. The highest BCUT2D eigenvalue weighted by Gasteiger charge is 2.38. The summed E-state index contributed by atoms with van der Waals surface area (Å²) in [5, 5.41) is 0.868. The van der Waals surface area contributed by atoms with Crippen molar-refractivity contribution >= 4 is 17.0 Å². The molecule has 0 spiro atoms. The molecule has 0 atom stereocenters. The van der Waals surface area contributed by atoms with Crippen LogP contribution in [0.25, 0.3) is 10.9 Å². The molecule has 1 saturated carbocycles. The zero-order chi connectivity index (χ0) is 13.5. The first kappa shape index (κ1) is 12.1. The second-order valence-corrected chi connectivity index (χ2v) is 5.26. The third-order valence-corrected chi connectivity index (χ3v) is 4.17. The Morgan fingerprint density at radius 1 is 1.37 bits per heavy atom. The Morgan fingerprint density at radius 2 is 2.11 bits per heavy atom. The molecule has 0 radical (unpaired) electrons. The zero-order valence-electron chi connectivity index (χ0n) is 10.8. The Kier molecular flexibility index (Phi) is 2.76. The Labute approximate surface area is 110 Å². The van der Waals surface area contributed by atoms with Crippen LogP contribution >= 0.6 is 0 Å². The van der Waals surface area contributed by atoms with Gasteiger partial charge in [-0.2, -0.15) is 4.99 Å². The zero-order valence-corrected chi connectivity index (χ0v) is 10.8. The summed E-state index contributed by atoms with van der Waals surface area (Å²) in [5.74, 6) is -0.278. The Bertz CT molecular complexity index is 677. The molecule has 0 unspecified atom stereocenters. The van der Waals surface area contributed by atoms with Gasteiger partial charge in [-0.25, -0.2) is 9.18 Å². The van der Waals surface area contributed by atoms with Crippen molar-refractivity contribution in [2.45, 2.75) is 31.2 Å². The van der Waals surface area contributed by atoms with Crippen molar-refractivity contribution in [1.82, 2.24) is 4.57 Å². The van der Waals surface area contributed by atoms with Crippen LogP contribution in [0, 0.1) is 5.82 Å². The fraction of sp³-hybridized carbons (Fsp3) is 0.400. The summed E-state index contributed by atoms with van der Waals surface area (Å²) in [4.78, 5) is 14.7. The highest BCUT2D eigenvalue weighted by molar-refractivity contribution is 5.81. The van der Waals surface area contributed by atoms with Crippen molar-refractivity contribution in [3.05, 3.63) is 35.8 Å². The van der Waals surface area contributed by atoms with Crippen LogP contribution in [0.3, 0.4) is 0 Å². The van der Waals surface area contributed by atoms with Gasteiger partial charge in [-0.1, -0.05) is 12.8 Å². The van der Waals surface area contributed by atoms with E-state index in [-0.39, 0.29) is 5.82 Å². The van der Waals surface area contributed by atoms with Gasteiger partial charge in [-0.05, 0) is 31.0 Å². The quantitative estimate of drug-likeness (QED) is 0.600. The largest absolute Gasteiger partial charge is 0.351 e. The molecule has 0 aliphatic heterocycles. The maximum absolute atomic E-state index is 14.3. The van der Waals surface area contributed by atoms with E-state index in [9.17, 15) is 9.18 Å². The number of hydrogen-bond donors (Lipinski definition) is 0. The average Bonchev–Trinajstić information content (AvgIpc) is 2.98. The van der Waals surface area contributed by atoms with Gasteiger partial charge in [0, 0.05) is 29.7 Å². The van der Waals surface area contributed by atoms with E-state index in [1.807, 2.05) is 29.9 Å². The summed E-state index contributed by atoms with van der Waals surface area (Å²) in [6, 6.07) is 5.24. The van der Waals surface area contributed by atoms with Crippen LogP contribution in [-0.4, -0.2) is 10.6 Å². The standard InChI is InChI=1S/C15H15FN2O/c1-18-7-4-11-8-13(16)12(9-14(11)18)15(17-10-19)5-2-3-6-15/h4,7-9H,2-3,5-6H2,1H3. The van der Waals surface area contributed by atoms with Gasteiger partial charge in [0.05, 0.1) is 0 Å². The minimum Gasteiger partial charge on any atom is -0.351 e. The molecule has 1 fully saturated rings. The number of nitrogens with zero attached hydrogens (tertiary/aromatic N) is 2. The van der Waals surface area contributed by atoms with Gasteiger partial charge in [-0.15, -0.1) is 0 Å². The molecular formula is C15H15FN2O. The molecule has 19 heavy (non-hydrogen) atoms. The van der Waals surface area contributed by atoms with Gasteiger partial charge in [0.1, 0.15) is 11.4 Å². The van der Waals surface area contributed by atoms with Gasteiger partial charge >= 0.3 is 0 Å². The highest BCUT2D eigenvalue weighted by Crippen LogP contribution is 2.44. The fourth-order valence-electron chi connectivity index (χ4n) is 3.13. The Morgan fingerprint density at radius 3 is 2.79 bits per heavy atom. The number of isocyanates is 1. The summed E-state index contributed by atoms with van der Waals surface area (Å²) in [6.45, 7) is 0. The molecule has 3 nitrogen and oxygen atoms in total. The summed E-state index contributed by atoms with van der Waals surface area (Å²) in [5.41, 5.74) is 0.788. The molecule has 1 aromatic carbocycles. The lowest BCUT2D eigenvalue weighted by Crippen LogP contribution is -2.20. The van der Waals surface area contributed by atoms with Crippen LogP contribution in [0.1, 0.15) is 31.2 Å². The van der Waals surface area contributed by atoms with Crippen LogP contribution in [0.2, 0.25) is 0 Å². The molecule has 2 aromatic rings. The molecule has 0 amide bonds.